The molecule has 5 rings (SSSR count). The van der Waals surface area contributed by atoms with Crippen LogP contribution in [0.5, 0.6) is 0 Å². The predicted molar refractivity (Wildman–Crippen MR) is 193 cm³/mol. The van der Waals surface area contributed by atoms with Gasteiger partial charge < -0.3 is 134 Å². The molecule has 0 saturated carbocycles. The van der Waals surface area contributed by atoms with E-state index in [1.165, 1.54) is 6.92 Å². The van der Waals surface area contributed by atoms with Crippen molar-refractivity contribution in [3.63, 3.8) is 0 Å². The molecular weight excluding hydrogens is 850 g/mol. The Morgan fingerprint density at radius 1 is 0.371 bits per heavy atom. The van der Waals surface area contributed by atoms with E-state index >= 15 is 0 Å². The van der Waals surface area contributed by atoms with Crippen LogP contribution in [0.25, 0.3) is 0 Å². The summed E-state index contributed by atoms with van der Waals surface area (Å²) in [5.74, 6) is -0.987. The summed E-state index contributed by atoms with van der Waals surface area (Å²) in [4.78, 5) is 0. The molecule has 15 unspecified atom stereocenters. The highest BCUT2D eigenvalue weighted by Gasteiger charge is 2.57. The van der Waals surface area contributed by atoms with Crippen molar-refractivity contribution in [1.82, 2.24) is 0 Å². The first-order valence-electron chi connectivity index (χ1n) is 20.2. The van der Waals surface area contributed by atoms with E-state index in [1.54, 1.807) is 0 Å². The van der Waals surface area contributed by atoms with E-state index in [0.717, 1.165) is 0 Å². The van der Waals surface area contributed by atoms with E-state index in [4.69, 9.17) is 57.8 Å². The Kier molecular flexibility index (Phi) is 19.7. The van der Waals surface area contributed by atoms with E-state index in [-0.39, 0.29) is 26.4 Å². The van der Waals surface area contributed by atoms with Crippen LogP contribution in [0.2, 0.25) is 0 Å². The largest absolute Gasteiger partial charge is 0.394 e. The molecule has 5 fully saturated rings. The minimum atomic E-state index is -2.06. The normalized spacial score (nSPS) is 49.2. The minimum absolute atomic E-state index is 0.0430. The summed E-state index contributed by atoms with van der Waals surface area (Å²) in [6.07, 6.45) is -42.7. The third-order valence-corrected chi connectivity index (χ3v) is 11.5. The fraction of sp³-hybridized carbons (Fsp3) is 1.00. The lowest BCUT2D eigenvalue weighted by Crippen LogP contribution is -2.68. The van der Waals surface area contributed by atoms with Gasteiger partial charge in [-0.1, -0.05) is 6.92 Å². The standard InChI is InChI=1S/C35H63NO26/c1-11-12(6-37)54-33(60-28-20(45)16(10-41)55-31(26(28)51)53-5-4-52-3-2-36)25(50)27(11)59-34-30(23(48)19(44)14(8-39)57-34)62-35-29(22(47)18(43)15(9-40)58-35)61-32-24(49)21(46)17(42)13(7-38)56-32/h11-35,37-51H,2-10,36H2,1H3/t11-,12?,13?,14?,15?,16?,17+,18+,19+,20+,21?,22?,23?,24?,25?,26?,27?,28?,29?,30?,31-,32+,33+,34+,35+/m0/s1. The van der Waals surface area contributed by atoms with Crippen LogP contribution in [0.15, 0.2) is 0 Å². The average molecular weight is 914 g/mol. The van der Waals surface area contributed by atoms with Crippen molar-refractivity contribution in [2.75, 3.05) is 59.4 Å². The highest BCUT2D eigenvalue weighted by molar-refractivity contribution is 4.98. The van der Waals surface area contributed by atoms with Crippen molar-refractivity contribution in [3.8, 4) is 0 Å². The zero-order valence-corrected chi connectivity index (χ0v) is 33.6. The predicted octanol–water partition coefficient (Wildman–Crippen LogP) is -10.6. The first-order valence-corrected chi connectivity index (χ1v) is 20.2. The van der Waals surface area contributed by atoms with Gasteiger partial charge in [0.1, 0.15) is 104 Å². The van der Waals surface area contributed by atoms with E-state index < -0.39 is 186 Å². The summed E-state index contributed by atoms with van der Waals surface area (Å²) in [6.45, 7) is -2.32. The molecule has 364 valence electrons. The number of rotatable bonds is 19. The molecule has 0 radical (unpaired) electrons. The first-order chi connectivity index (χ1) is 29.6. The molecule has 27 nitrogen and oxygen atoms in total. The van der Waals surface area contributed by atoms with Crippen molar-refractivity contribution in [3.05, 3.63) is 0 Å². The van der Waals surface area contributed by atoms with Crippen molar-refractivity contribution in [2.24, 2.45) is 11.7 Å². The Labute approximate surface area is 354 Å². The van der Waals surface area contributed by atoms with Gasteiger partial charge in [-0.3, -0.25) is 0 Å². The summed E-state index contributed by atoms with van der Waals surface area (Å²) in [6, 6.07) is 0. The van der Waals surface area contributed by atoms with Gasteiger partial charge in [0.15, 0.2) is 31.5 Å². The maximum atomic E-state index is 11.7. The van der Waals surface area contributed by atoms with Gasteiger partial charge in [-0.2, -0.15) is 0 Å². The molecule has 0 amide bonds. The Morgan fingerprint density at radius 2 is 0.758 bits per heavy atom. The van der Waals surface area contributed by atoms with E-state index in [9.17, 15) is 76.6 Å². The smallest absolute Gasteiger partial charge is 0.187 e. The van der Waals surface area contributed by atoms with Crippen LogP contribution in [0.4, 0.5) is 0 Å². The summed E-state index contributed by atoms with van der Waals surface area (Å²) >= 11 is 0. The third-order valence-electron chi connectivity index (χ3n) is 11.5. The quantitative estimate of drug-likeness (QED) is 0.0535. The first kappa shape index (κ1) is 51.9. The number of hydrogen-bond donors (Lipinski definition) is 16. The number of hydrogen-bond acceptors (Lipinski definition) is 27. The molecule has 5 heterocycles. The lowest BCUT2D eigenvalue weighted by atomic mass is 9.90. The second-order valence-electron chi connectivity index (χ2n) is 15.6. The zero-order valence-electron chi connectivity index (χ0n) is 33.6. The Bertz CT molecular complexity index is 1310. The van der Waals surface area contributed by atoms with Gasteiger partial charge in [0, 0.05) is 12.5 Å². The summed E-state index contributed by atoms with van der Waals surface area (Å²) < 4.78 is 62.7. The van der Waals surface area contributed by atoms with Crippen LogP contribution in [-0.2, 0) is 52.1 Å². The maximum absolute atomic E-state index is 11.7. The summed E-state index contributed by atoms with van der Waals surface area (Å²) in [7, 11) is 0. The van der Waals surface area contributed by atoms with E-state index in [2.05, 4.69) is 0 Å². The summed E-state index contributed by atoms with van der Waals surface area (Å²) in [5.41, 5.74) is 5.41. The highest BCUT2D eigenvalue weighted by Crippen LogP contribution is 2.37. The Hall–Kier alpha value is -1.08. The molecule has 27 heteroatoms. The second-order valence-corrected chi connectivity index (χ2v) is 15.6. The van der Waals surface area contributed by atoms with E-state index in [0.29, 0.717) is 0 Å². The fourth-order valence-electron chi connectivity index (χ4n) is 7.76. The van der Waals surface area contributed by atoms with Crippen LogP contribution in [0.3, 0.4) is 0 Å². The van der Waals surface area contributed by atoms with Crippen LogP contribution >= 0.6 is 0 Å². The Balaban J connectivity index is 1.39. The molecule has 17 N–H and O–H groups in total. The van der Waals surface area contributed by atoms with Gasteiger partial charge in [0.05, 0.1) is 65.1 Å². The zero-order chi connectivity index (χ0) is 45.6. The molecular formula is C35H63NO26. The van der Waals surface area contributed by atoms with Gasteiger partial charge in [0.2, 0.25) is 0 Å². The molecule has 0 bridgehead atoms. The molecule has 25 atom stereocenters. The summed E-state index contributed by atoms with van der Waals surface area (Å²) in [5, 5.41) is 159. The van der Waals surface area contributed by atoms with Crippen LogP contribution in [0.1, 0.15) is 6.92 Å². The molecule has 62 heavy (non-hydrogen) atoms. The third kappa shape index (κ3) is 11.4. The van der Waals surface area contributed by atoms with Crippen LogP contribution < -0.4 is 5.73 Å². The molecule has 5 saturated heterocycles. The van der Waals surface area contributed by atoms with Crippen molar-refractivity contribution < 1.29 is 129 Å². The van der Waals surface area contributed by atoms with Gasteiger partial charge in [0.25, 0.3) is 0 Å². The lowest BCUT2D eigenvalue weighted by Gasteiger charge is -2.50. The van der Waals surface area contributed by atoms with Crippen molar-refractivity contribution in [1.29, 1.82) is 0 Å². The number of aliphatic hydroxyl groups excluding tert-OH is 15. The fourth-order valence-corrected chi connectivity index (χ4v) is 7.76. The number of aliphatic hydroxyl groups is 15. The molecule has 0 aromatic heterocycles. The molecule has 5 aliphatic rings. The lowest BCUT2D eigenvalue weighted by molar-refractivity contribution is -0.405. The van der Waals surface area contributed by atoms with Crippen molar-refractivity contribution >= 4 is 0 Å². The Morgan fingerprint density at radius 3 is 1.27 bits per heavy atom. The SMILES string of the molecule is C[C@H]1C(CO)O[C@H](OC2C(O)[C@@H](OCCOCCN)OC(CO)[C@H]2O)C(O)C1O[C@H]1OC(CO)[C@@H](O)C(O)C1O[C@H]1OC(CO)[C@@H](O)C(O)C1O[C@H]1OC(CO)[C@@H](O)C(O)C1O. The van der Waals surface area contributed by atoms with Gasteiger partial charge >= 0.3 is 0 Å². The van der Waals surface area contributed by atoms with Gasteiger partial charge in [-0.05, 0) is 0 Å². The second kappa shape index (κ2) is 23.6. The number of ether oxygens (including phenoxy) is 11. The molecule has 0 spiro atoms. The molecule has 0 aromatic rings. The average Bonchev–Trinajstić information content (AvgIpc) is 3.26. The minimum Gasteiger partial charge on any atom is -0.394 e. The number of nitrogens with two attached hydrogens (primary N) is 1. The topological polar surface area (TPSA) is 431 Å². The molecule has 0 aliphatic carbocycles. The molecule has 5 aliphatic heterocycles. The highest BCUT2D eigenvalue weighted by atomic mass is 16.8. The van der Waals surface area contributed by atoms with Crippen molar-refractivity contribution in [2.45, 2.75) is 154 Å². The molecule has 0 aromatic carbocycles. The van der Waals surface area contributed by atoms with Gasteiger partial charge in [-0.15, -0.1) is 0 Å². The van der Waals surface area contributed by atoms with Gasteiger partial charge in [-0.25, -0.2) is 0 Å². The monoisotopic (exact) mass is 913 g/mol. The van der Waals surface area contributed by atoms with Crippen LogP contribution in [0, 0.1) is 5.92 Å². The van der Waals surface area contributed by atoms with E-state index in [1.807, 2.05) is 0 Å². The van der Waals surface area contributed by atoms with Crippen LogP contribution in [-0.4, -0.2) is 283 Å². The maximum Gasteiger partial charge on any atom is 0.187 e.